The zero-order chi connectivity index (χ0) is 33.9. The van der Waals surface area contributed by atoms with E-state index in [4.69, 9.17) is 0 Å². The molecule has 242 valence electrons. The first-order chi connectivity index (χ1) is 24.5. The fourth-order valence-corrected chi connectivity index (χ4v) is 7.90. The fourth-order valence-electron chi connectivity index (χ4n) is 7.90. The fraction of sp³-hybridized carbons (Fsp3) is 0.125. The molecule has 0 fully saturated rings. The van der Waals surface area contributed by atoms with Crippen molar-refractivity contribution in [3.63, 3.8) is 0 Å². The highest BCUT2D eigenvalue weighted by Crippen LogP contribution is 2.42. The minimum Gasteiger partial charge on any atom is -0.309 e. The molecule has 0 amide bonds. The summed E-state index contributed by atoms with van der Waals surface area (Å²) < 4.78 is 4.87. The summed E-state index contributed by atoms with van der Waals surface area (Å²) in [5.41, 5.74) is 14.9. The van der Waals surface area contributed by atoms with Gasteiger partial charge in [0, 0.05) is 32.8 Å². The van der Waals surface area contributed by atoms with Crippen LogP contribution < -0.4 is 0 Å². The van der Waals surface area contributed by atoms with E-state index in [1.54, 1.807) is 0 Å². The Hall–Kier alpha value is -5.86. The molecule has 0 bridgehead atoms. The molecular weight excluding hydrogens is 605 g/mol. The Bertz CT molecular complexity index is 2640. The van der Waals surface area contributed by atoms with Crippen molar-refractivity contribution in [3.05, 3.63) is 169 Å². The molecule has 9 rings (SSSR count). The van der Waals surface area contributed by atoms with Crippen LogP contribution in [-0.2, 0) is 0 Å². The van der Waals surface area contributed by atoms with Gasteiger partial charge in [-0.3, -0.25) is 0 Å². The molecule has 9 aromatic rings. The lowest BCUT2D eigenvalue weighted by atomic mass is 9.92. The molecule has 7 aromatic carbocycles. The molecule has 0 spiro atoms. The first kappa shape index (κ1) is 30.2. The van der Waals surface area contributed by atoms with Gasteiger partial charge < -0.3 is 9.13 Å². The van der Waals surface area contributed by atoms with Crippen LogP contribution in [0.25, 0.3) is 77.2 Å². The highest BCUT2D eigenvalue weighted by Gasteiger charge is 2.20. The van der Waals surface area contributed by atoms with Gasteiger partial charge in [0.05, 0.1) is 27.8 Å². The Kier molecular flexibility index (Phi) is 7.21. The first-order valence-corrected chi connectivity index (χ1v) is 17.8. The third-order valence-corrected chi connectivity index (χ3v) is 10.5. The van der Waals surface area contributed by atoms with Gasteiger partial charge in [0.15, 0.2) is 0 Å². The molecule has 0 saturated heterocycles. The molecule has 0 aliphatic heterocycles. The summed E-state index contributed by atoms with van der Waals surface area (Å²) in [6.07, 6.45) is 0. The highest BCUT2D eigenvalue weighted by molar-refractivity contribution is 6.12. The third kappa shape index (κ3) is 4.78. The van der Waals surface area contributed by atoms with Gasteiger partial charge in [-0.25, -0.2) is 0 Å². The molecule has 0 aliphatic rings. The number of nitrogens with zero attached hydrogens (tertiary/aromatic N) is 2. The topological polar surface area (TPSA) is 9.86 Å². The van der Waals surface area contributed by atoms with Crippen molar-refractivity contribution in [2.45, 2.75) is 39.5 Å². The van der Waals surface area contributed by atoms with Gasteiger partial charge in [-0.2, -0.15) is 0 Å². The number of hydrogen-bond acceptors (Lipinski definition) is 0. The summed E-state index contributed by atoms with van der Waals surface area (Å²) in [7, 11) is 0. The Balaban J connectivity index is 1.27. The molecule has 0 unspecified atom stereocenters. The summed E-state index contributed by atoms with van der Waals surface area (Å²) >= 11 is 0. The number of fused-ring (bicyclic) bond motifs is 6. The van der Waals surface area contributed by atoms with Crippen molar-refractivity contribution in [1.82, 2.24) is 9.13 Å². The van der Waals surface area contributed by atoms with E-state index in [2.05, 4.69) is 195 Å². The second kappa shape index (κ2) is 11.9. The van der Waals surface area contributed by atoms with E-state index in [-0.39, 0.29) is 0 Å². The maximum Gasteiger partial charge on any atom is 0.0541 e. The van der Waals surface area contributed by atoms with Crippen molar-refractivity contribution in [2.75, 3.05) is 0 Å². The van der Waals surface area contributed by atoms with Gasteiger partial charge in [0.1, 0.15) is 0 Å². The van der Waals surface area contributed by atoms with Gasteiger partial charge in [-0.05, 0) is 100 Å². The standard InChI is InChI=1S/C48H40N2/c1-31(2)33-22-25-47-42(28-33)43-29-34(32(3)4)23-26-48(43)50(47)45-21-13-10-18-39(45)38-17-9-8-16-37(38)35-24-27-46-41(30-35)40-19-11-12-20-44(40)49(46)36-14-6-5-7-15-36/h5-32H,1-4H3. The van der Waals surface area contributed by atoms with Crippen molar-refractivity contribution < 1.29 is 0 Å². The van der Waals surface area contributed by atoms with Crippen LogP contribution in [0.5, 0.6) is 0 Å². The van der Waals surface area contributed by atoms with Crippen LogP contribution in [0.4, 0.5) is 0 Å². The number of aromatic nitrogens is 2. The lowest BCUT2D eigenvalue weighted by Crippen LogP contribution is -1.98. The molecule has 0 saturated carbocycles. The van der Waals surface area contributed by atoms with Crippen LogP contribution >= 0.6 is 0 Å². The molecule has 0 N–H and O–H groups in total. The second-order valence-electron chi connectivity index (χ2n) is 14.2. The Labute approximate surface area is 293 Å². The van der Waals surface area contributed by atoms with Gasteiger partial charge in [-0.15, -0.1) is 0 Å². The predicted molar refractivity (Wildman–Crippen MR) is 214 cm³/mol. The monoisotopic (exact) mass is 644 g/mol. The van der Waals surface area contributed by atoms with Crippen LogP contribution in [0.2, 0.25) is 0 Å². The summed E-state index contributed by atoms with van der Waals surface area (Å²) in [4.78, 5) is 0. The summed E-state index contributed by atoms with van der Waals surface area (Å²) in [5, 5.41) is 5.15. The molecule has 50 heavy (non-hydrogen) atoms. The Morgan fingerprint density at radius 3 is 1.54 bits per heavy atom. The molecule has 0 aliphatic carbocycles. The predicted octanol–water partition coefficient (Wildman–Crippen LogP) is 13.5. The van der Waals surface area contributed by atoms with Crippen molar-refractivity contribution in [3.8, 4) is 33.6 Å². The smallest absolute Gasteiger partial charge is 0.0541 e. The van der Waals surface area contributed by atoms with Crippen LogP contribution in [-0.4, -0.2) is 9.13 Å². The molecule has 0 atom stereocenters. The maximum atomic E-state index is 2.49. The average Bonchev–Trinajstić information content (AvgIpc) is 3.67. The van der Waals surface area contributed by atoms with E-state index in [9.17, 15) is 0 Å². The van der Waals surface area contributed by atoms with E-state index in [1.807, 2.05) is 0 Å². The van der Waals surface area contributed by atoms with E-state index in [0.717, 1.165) is 0 Å². The lowest BCUT2D eigenvalue weighted by molar-refractivity contribution is 0.868. The number of para-hydroxylation sites is 3. The molecule has 2 heteroatoms. The average molecular weight is 645 g/mol. The largest absolute Gasteiger partial charge is 0.309 e. The summed E-state index contributed by atoms with van der Waals surface area (Å²) in [6.45, 7) is 9.12. The zero-order valence-electron chi connectivity index (χ0n) is 29.1. The van der Waals surface area contributed by atoms with E-state index >= 15 is 0 Å². The molecule has 2 aromatic heterocycles. The number of hydrogen-bond donors (Lipinski definition) is 0. The van der Waals surface area contributed by atoms with Crippen LogP contribution in [0, 0.1) is 0 Å². The maximum absolute atomic E-state index is 2.49. The third-order valence-electron chi connectivity index (χ3n) is 10.5. The second-order valence-corrected chi connectivity index (χ2v) is 14.2. The van der Waals surface area contributed by atoms with Gasteiger partial charge in [0.25, 0.3) is 0 Å². The summed E-state index contributed by atoms with van der Waals surface area (Å²) in [5.74, 6) is 0.925. The van der Waals surface area contributed by atoms with Gasteiger partial charge in [-0.1, -0.05) is 125 Å². The summed E-state index contributed by atoms with van der Waals surface area (Å²) in [6, 6.07) is 58.4. The van der Waals surface area contributed by atoms with Gasteiger partial charge >= 0.3 is 0 Å². The number of rotatable bonds is 6. The van der Waals surface area contributed by atoms with Crippen molar-refractivity contribution in [2.24, 2.45) is 0 Å². The Morgan fingerprint density at radius 1 is 0.360 bits per heavy atom. The van der Waals surface area contributed by atoms with Gasteiger partial charge in [0.2, 0.25) is 0 Å². The molecule has 2 nitrogen and oxygen atoms in total. The van der Waals surface area contributed by atoms with E-state index in [0.29, 0.717) is 11.8 Å². The van der Waals surface area contributed by atoms with Crippen molar-refractivity contribution in [1.29, 1.82) is 0 Å². The zero-order valence-corrected chi connectivity index (χ0v) is 29.1. The van der Waals surface area contributed by atoms with Crippen LogP contribution in [0.3, 0.4) is 0 Å². The van der Waals surface area contributed by atoms with E-state index in [1.165, 1.54) is 88.4 Å². The Morgan fingerprint density at radius 2 is 0.860 bits per heavy atom. The molecule has 2 heterocycles. The first-order valence-electron chi connectivity index (χ1n) is 17.8. The lowest BCUT2D eigenvalue weighted by Gasteiger charge is -2.17. The highest BCUT2D eigenvalue weighted by atomic mass is 15.0. The SMILES string of the molecule is CC(C)c1ccc2c(c1)c1cc(C(C)C)ccc1n2-c1ccccc1-c1ccccc1-c1ccc2c(c1)c1ccccc1n2-c1ccccc1. The minimum absolute atomic E-state index is 0.462. The minimum atomic E-state index is 0.462. The van der Waals surface area contributed by atoms with Crippen molar-refractivity contribution >= 4 is 43.6 Å². The van der Waals surface area contributed by atoms with Crippen LogP contribution in [0.15, 0.2) is 158 Å². The molecule has 0 radical (unpaired) electrons. The normalized spacial score (nSPS) is 12.0. The molecular formula is C48H40N2. The number of benzene rings is 7. The van der Waals surface area contributed by atoms with E-state index < -0.39 is 0 Å². The quantitative estimate of drug-likeness (QED) is 0.170. The van der Waals surface area contributed by atoms with Crippen LogP contribution in [0.1, 0.15) is 50.7 Å².